The summed E-state index contributed by atoms with van der Waals surface area (Å²) in [5, 5.41) is 14.0. The number of para-hydroxylation sites is 1. The van der Waals surface area contributed by atoms with Gasteiger partial charge in [-0.3, -0.25) is 4.79 Å². The van der Waals surface area contributed by atoms with Gasteiger partial charge in [0, 0.05) is 6.04 Å². The molecule has 5 nitrogen and oxygen atoms in total. The molecular formula is C28H35ClN2O3. The maximum atomic E-state index is 12.7. The van der Waals surface area contributed by atoms with Crippen LogP contribution in [0.2, 0.25) is 0 Å². The summed E-state index contributed by atoms with van der Waals surface area (Å²) in [4.78, 5) is 12.7. The van der Waals surface area contributed by atoms with E-state index in [2.05, 4.69) is 5.32 Å². The summed E-state index contributed by atoms with van der Waals surface area (Å²) in [5.74, 6) is 0.451. The topological polar surface area (TPSA) is 84.6 Å². The van der Waals surface area contributed by atoms with Gasteiger partial charge in [0.2, 0.25) is 0 Å². The molecule has 0 aromatic heterocycles. The Morgan fingerprint density at radius 3 is 1.97 bits per heavy atom. The SMILES string of the molecule is Cc1cccc(C)c1OCC(=O)N[C@@H](Cc1ccccc1)[C@@H](O)C[C@@H](N)Cc1ccccc1.Cl. The van der Waals surface area contributed by atoms with E-state index in [9.17, 15) is 9.90 Å². The first-order valence-electron chi connectivity index (χ1n) is 11.4. The van der Waals surface area contributed by atoms with Crippen molar-refractivity contribution in [2.75, 3.05) is 6.61 Å². The van der Waals surface area contributed by atoms with E-state index in [1.807, 2.05) is 92.7 Å². The number of amides is 1. The molecule has 0 aliphatic carbocycles. The number of aliphatic hydroxyl groups excluding tert-OH is 1. The highest BCUT2D eigenvalue weighted by Crippen LogP contribution is 2.22. The van der Waals surface area contributed by atoms with Gasteiger partial charge >= 0.3 is 0 Å². The first kappa shape index (κ1) is 27.4. The fourth-order valence-electron chi connectivity index (χ4n) is 4.04. The standard InChI is InChI=1S/C28H34N2O3.ClH/c1-20-10-9-11-21(2)28(20)33-19-27(32)30-25(17-23-14-7-4-8-15-23)26(31)18-24(29)16-22-12-5-3-6-13-22;/h3-15,24-26,31H,16-19,29H2,1-2H3,(H,30,32);1H/t24-,25-,26-;/m0./s1. The highest BCUT2D eigenvalue weighted by molar-refractivity contribution is 5.85. The normalized spacial score (nSPS) is 13.3. The minimum absolute atomic E-state index is 0. The largest absolute Gasteiger partial charge is 0.483 e. The molecule has 34 heavy (non-hydrogen) atoms. The van der Waals surface area contributed by atoms with E-state index in [1.54, 1.807) is 0 Å². The molecule has 0 heterocycles. The molecule has 0 saturated carbocycles. The average molecular weight is 483 g/mol. The Morgan fingerprint density at radius 1 is 0.882 bits per heavy atom. The van der Waals surface area contributed by atoms with E-state index in [-0.39, 0.29) is 31.0 Å². The van der Waals surface area contributed by atoms with E-state index in [4.69, 9.17) is 10.5 Å². The smallest absolute Gasteiger partial charge is 0.258 e. The Morgan fingerprint density at radius 2 is 1.41 bits per heavy atom. The number of nitrogens with one attached hydrogen (secondary N) is 1. The second-order valence-corrected chi connectivity index (χ2v) is 8.63. The van der Waals surface area contributed by atoms with Crippen LogP contribution in [0.15, 0.2) is 78.9 Å². The van der Waals surface area contributed by atoms with Crippen molar-refractivity contribution < 1.29 is 14.6 Å². The van der Waals surface area contributed by atoms with Crippen molar-refractivity contribution in [2.45, 2.75) is 51.3 Å². The molecule has 1 amide bonds. The number of nitrogens with two attached hydrogens (primary N) is 1. The molecule has 0 aliphatic heterocycles. The molecule has 0 fully saturated rings. The monoisotopic (exact) mass is 482 g/mol. The Labute approximate surface area is 208 Å². The Kier molecular flexibility index (Phi) is 11.1. The molecular weight excluding hydrogens is 448 g/mol. The number of hydrogen-bond acceptors (Lipinski definition) is 4. The summed E-state index contributed by atoms with van der Waals surface area (Å²) in [7, 11) is 0. The molecule has 0 saturated heterocycles. The van der Waals surface area contributed by atoms with Crippen LogP contribution >= 0.6 is 12.4 Å². The van der Waals surface area contributed by atoms with Gasteiger partial charge in [0.05, 0.1) is 12.1 Å². The van der Waals surface area contributed by atoms with E-state index in [1.165, 1.54) is 0 Å². The molecule has 4 N–H and O–H groups in total. The highest BCUT2D eigenvalue weighted by Gasteiger charge is 2.24. The zero-order valence-electron chi connectivity index (χ0n) is 19.8. The van der Waals surface area contributed by atoms with E-state index in [0.717, 1.165) is 28.0 Å². The lowest BCUT2D eigenvalue weighted by atomic mass is 9.94. The number of carbonyl (C=O) groups excluding carboxylic acids is 1. The molecule has 182 valence electrons. The van der Waals surface area contributed by atoms with Gasteiger partial charge in [-0.2, -0.15) is 0 Å². The summed E-state index contributed by atoms with van der Waals surface area (Å²) in [6.45, 7) is 3.80. The van der Waals surface area contributed by atoms with Gasteiger partial charge in [0.1, 0.15) is 5.75 Å². The second-order valence-electron chi connectivity index (χ2n) is 8.63. The third-order valence-corrected chi connectivity index (χ3v) is 5.75. The number of rotatable bonds is 11. The fraction of sp³-hybridized carbons (Fsp3) is 0.321. The van der Waals surface area contributed by atoms with Crippen LogP contribution in [0.3, 0.4) is 0 Å². The van der Waals surface area contributed by atoms with Gasteiger partial charge in [0.25, 0.3) is 5.91 Å². The van der Waals surface area contributed by atoms with Crippen molar-refractivity contribution in [3.63, 3.8) is 0 Å². The fourth-order valence-corrected chi connectivity index (χ4v) is 4.04. The molecule has 0 radical (unpaired) electrons. The summed E-state index contributed by atoms with van der Waals surface area (Å²) in [5.41, 5.74) is 10.5. The lowest BCUT2D eigenvalue weighted by Gasteiger charge is -2.27. The van der Waals surface area contributed by atoms with E-state index in [0.29, 0.717) is 19.3 Å². The van der Waals surface area contributed by atoms with Gasteiger partial charge in [-0.15, -0.1) is 12.4 Å². The minimum atomic E-state index is -0.784. The summed E-state index contributed by atoms with van der Waals surface area (Å²) in [6, 6.07) is 25.0. The molecule has 0 aliphatic rings. The van der Waals surface area contributed by atoms with Gasteiger partial charge in [-0.05, 0) is 55.4 Å². The van der Waals surface area contributed by atoms with Crippen molar-refractivity contribution in [1.82, 2.24) is 5.32 Å². The van der Waals surface area contributed by atoms with Crippen molar-refractivity contribution in [3.8, 4) is 5.75 Å². The molecule has 6 heteroatoms. The van der Waals surface area contributed by atoms with Gasteiger partial charge < -0.3 is 20.9 Å². The van der Waals surface area contributed by atoms with Crippen LogP contribution in [0.4, 0.5) is 0 Å². The zero-order valence-corrected chi connectivity index (χ0v) is 20.6. The lowest BCUT2D eigenvalue weighted by Crippen LogP contribution is -2.48. The zero-order chi connectivity index (χ0) is 23.6. The third-order valence-electron chi connectivity index (χ3n) is 5.75. The molecule has 3 rings (SSSR count). The molecule has 0 unspecified atom stereocenters. The number of ether oxygens (including phenoxy) is 1. The first-order valence-corrected chi connectivity index (χ1v) is 11.4. The van der Waals surface area contributed by atoms with Crippen LogP contribution in [0.1, 0.15) is 28.7 Å². The number of carbonyl (C=O) groups is 1. The van der Waals surface area contributed by atoms with Crippen LogP contribution in [0, 0.1) is 13.8 Å². The Bertz CT molecular complexity index is 994. The number of halogens is 1. The van der Waals surface area contributed by atoms with Gasteiger partial charge in [-0.25, -0.2) is 0 Å². The van der Waals surface area contributed by atoms with Crippen LogP contribution in [-0.2, 0) is 17.6 Å². The molecule has 3 atom stereocenters. The molecule has 3 aromatic rings. The predicted octanol–water partition coefficient (Wildman–Crippen LogP) is 4.15. The molecule has 3 aromatic carbocycles. The van der Waals surface area contributed by atoms with Crippen molar-refractivity contribution in [1.29, 1.82) is 0 Å². The number of aryl methyl sites for hydroxylation is 2. The lowest BCUT2D eigenvalue weighted by molar-refractivity contribution is -0.124. The Hall–Kier alpha value is -2.86. The van der Waals surface area contributed by atoms with Crippen LogP contribution in [-0.4, -0.2) is 35.8 Å². The summed E-state index contributed by atoms with van der Waals surface area (Å²) >= 11 is 0. The number of hydrogen-bond donors (Lipinski definition) is 3. The second kappa shape index (κ2) is 13.8. The van der Waals surface area contributed by atoms with Gasteiger partial charge in [0.15, 0.2) is 6.61 Å². The molecule has 0 spiro atoms. The quantitative estimate of drug-likeness (QED) is 0.383. The third kappa shape index (κ3) is 8.49. The van der Waals surface area contributed by atoms with E-state index < -0.39 is 12.1 Å². The first-order chi connectivity index (χ1) is 15.9. The molecule has 0 bridgehead atoms. The van der Waals surface area contributed by atoms with Crippen LogP contribution < -0.4 is 15.8 Å². The van der Waals surface area contributed by atoms with Crippen molar-refractivity contribution in [2.24, 2.45) is 5.73 Å². The summed E-state index contributed by atoms with van der Waals surface area (Å²) in [6.07, 6.45) is 0.771. The maximum Gasteiger partial charge on any atom is 0.258 e. The van der Waals surface area contributed by atoms with Gasteiger partial charge in [-0.1, -0.05) is 78.9 Å². The highest BCUT2D eigenvalue weighted by atomic mass is 35.5. The minimum Gasteiger partial charge on any atom is -0.483 e. The Balaban J connectivity index is 0.00000408. The number of benzene rings is 3. The average Bonchev–Trinajstić information content (AvgIpc) is 2.79. The number of aliphatic hydroxyl groups is 1. The van der Waals surface area contributed by atoms with E-state index >= 15 is 0 Å². The van der Waals surface area contributed by atoms with Crippen LogP contribution in [0.5, 0.6) is 5.75 Å². The maximum absolute atomic E-state index is 12.7. The summed E-state index contributed by atoms with van der Waals surface area (Å²) < 4.78 is 5.80. The van der Waals surface area contributed by atoms with Crippen molar-refractivity contribution in [3.05, 3.63) is 101 Å². The predicted molar refractivity (Wildman–Crippen MR) is 139 cm³/mol. The van der Waals surface area contributed by atoms with Crippen LogP contribution in [0.25, 0.3) is 0 Å². The van der Waals surface area contributed by atoms with Crippen molar-refractivity contribution >= 4 is 18.3 Å².